The van der Waals surface area contributed by atoms with Gasteiger partial charge in [-0.25, -0.2) is 0 Å². The summed E-state index contributed by atoms with van der Waals surface area (Å²) in [5.41, 5.74) is 2.59. The molecule has 0 aliphatic heterocycles. The number of carbonyl (C=O) groups excluding carboxylic acids is 1. The number of carbonyl (C=O) groups is 1. The highest BCUT2D eigenvalue weighted by molar-refractivity contribution is 5.95. The van der Waals surface area contributed by atoms with Crippen molar-refractivity contribution in [2.75, 3.05) is 20.3 Å². The monoisotopic (exact) mass is 368 g/mol. The molecule has 2 heterocycles. The molecule has 0 aliphatic rings. The average molecular weight is 368 g/mol. The summed E-state index contributed by atoms with van der Waals surface area (Å²) in [5, 5.41) is 2.91. The molecular formula is C21H24N2O4. The molecular weight excluding hydrogens is 344 g/mol. The van der Waals surface area contributed by atoms with Crippen molar-refractivity contribution in [3.05, 3.63) is 71.4 Å². The largest absolute Gasteiger partial charge is 0.497 e. The normalized spacial score (nSPS) is 10.6. The lowest BCUT2D eigenvalue weighted by Crippen LogP contribution is -2.28. The lowest BCUT2D eigenvalue weighted by Gasteiger charge is -2.10. The number of benzene rings is 1. The zero-order valence-electron chi connectivity index (χ0n) is 15.8. The van der Waals surface area contributed by atoms with Crippen molar-refractivity contribution in [1.82, 2.24) is 9.88 Å². The predicted molar refractivity (Wildman–Crippen MR) is 103 cm³/mol. The lowest BCUT2D eigenvalue weighted by atomic mass is 10.2. The molecule has 1 N–H and O–H groups in total. The van der Waals surface area contributed by atoms with Gasteiger partial charge in [0.25, 0.3) is 5.91 Å². The van der Waals surface area contributed by atoms with Crippen molar-refractivity contribution in [3.8, 4) is 11.5 Å². The number of furan rings is 1. The van der Waals surface area contributed by atoms with Gasteiger partial charge in [0.05, 0.1) is 32.0 Å². The SMILES string of the molecule is COc1cccc(OCCNC(=O)c2cc(C)n(Cc3ccco3)c2C)c1. The minimum absolute atomic E-state index is 0.108. The van der Waals surface area contributed by atoms with Gasteiger partial charge in [-0.3, -0.25) is 4.79 Å². The van der Waals surface area contributed by atoms with Crippen molar-refractivity contribution >= 4 is 5.91 Å². The summed E-state index contributed by atoms with van der Waals surface area (Å²) in [5.74, 6) is 2.19. The number of methoxy groups -OCH3 is 1. The Morgan fingerprint density at radius 3 is 2.70 bits per heavy atom. The molecule has 0 atom stereocenters. The van der Waals surface area contributed by atoms with Crippen LogP contribution in [0.15, 0.2) is 53.1 Å². The number of aromatic nitrogens is 1. The molecule has 0 saturated carbocycles. The number of aryl methyl sites for hydroxylation is 1. The fourth-order valence-corrected chi connectivity index (χ4v) is 2.95. The topological polar surface area (TPSA) is 65.6 Å². The first kappa shape index (κ1) is 18.6. The summed E-state index contributed by atoms with van der Waals surface area (Å²) in [6.45, 7) is 5.33. The zero-order valence-corrected chi connectivity index (χ0v) is 15.8. The molecule has 2 aromatic heterocycles. The van der Waals surface area contributed by atoms with Crippen LogP contribution >= 0.6 is 0 Å². The molecule has 0 bridgehead atoms. The van der Waals surface area contributed by atoms with Gasteiger partial charge in [0.2, 0.25) is 0 Å². The van der Waals surface area contributed by atoms with Gasteiger partial charge in [0.1, 0.15) is 23.9 Å². The number of ether oxygens (including phenoxy) is 2. The van der Waals surface area contributed by atoms with Crippen molar-refractivity contribution in [1.29, 1.82) is 0 Å². The summed E-state index contributed by atoms with van der Waals surface area (Å²) in [7, 11) is 1.61. The average Bonchev–Trinajstić information content (AvgIpc) is 3.29. The van der Waals surface area contributed by atoms with E-state index in [1.54, 1.807) is 13.4 Å². The molecule has 6 heteroatoms. The summed E-state index contributed by atoms with van der Waals surface area (Å²) in [6.07, 6.45) is 1.65. The van der Waals surface area contributed by atoms with E-state index in [1.165, 1.54) is 0 Å². The van der Waals surface area contributed by atoms with Crippen molar-refractivity contribution < 1.29 is 18.7 Å². The number of hydrogen-bond donors (Lipinski definition) is 1. The molecule has 1 aromatic carbocycles. The van der Waals surface area contributed by atoms with Crippen LogP contribution in [-0.4, -0.2) is 30.7 Å². The maximum atomic E-state index is 12.5. The van der Waals surface area contributed by atoms with E-state index in [-0.39, 0.29) is 5.91 Å². The van der Waals surface area contributed by atoms with E-state index in [0.29, 0.717) is 31.0 Å². The van der Waals surface area contributed by atoms with Crippen LogP contribution in [0.5, 0.6) is 11.5 Å². The minimum atomic E-state index is -0.108. The molecule has 0 radical (unpaired) electrons. The standard InChI is InChI=1S/C21H24N2O4/c1-15-12-20(16(2)23(15)14-19-8-5-10-26-19)21(24)22-9-11-27-18-7-4-6-17(13-18)25-3/h4-8,10,12-13H,9,11,14H2,1-3H3,(H,22,24). The Bertz CT molecular complexity index is 897. The number of rotatable bonds is 8. The molecule has 0 saturated heterocycles. The number of hydrogen-bond acceptors (Lipinski definition) is 4. The molecule has 0 fully saturated rings. The van der Waals surface area contributed by atoms with Crippen LogP contribution in [0.2, 0.25) is 0 Å². The maximum absolute atomic E-state index is 12.5. The summed E-state index contributed by atoms with van der Waals surface area (Å²) < 4.78 is 18.3. The molecule has 6 nitrogen and oxygen atoms in total. The van der Waals surface area contributed by atoms with Gasteiger partial charge in [-0.15, -0.1) is 0 Å². The highest BCUT2D eigenvalue weighted by Gasteiger charge is 2.16. The predicted octanol–water partition coefficient (Wildman–Crippen LogP) is 3.56. The van der Waals surface area contributed by atoms with E-state index in [1.807, 2.05) is 56.3 Å². The first-order chi connectivity index (χ1) is 13.1. The van der Waals surface area contributed by atoms with E-state index < -0.39 is 0 Å². The van der Waals surface area contributed by atoms with Gasteiger partial charge in [0.15, 0.2) is 0 Å². The number of nitrogens with zero attached hydrogens (tertiary/aromatic N) is 1. The Balaban J connectivity index is 1.55. The Morgan fingerprint density at radius 2 is 1.96 bits per heavy atom. The second kappa shape index (κ2) is 8.49. The van der Waals surface area contributed by atoms with E-state index in [2.05, 4.69) is 9.88 Å². The fraction of sp³-hybridized carbons (Fsp3) is 0.286. The van der Waals surface area contributed by atoms with Crippen molar-refractivity contribution in [2.24, 2.45) is 0 Å². The quantitative estimate of drug-likeness (QED) is 0.618. The van der Waals surface area contributed by atoms with Crippen molar-refractivity contribution in [2.45, 2.75) is 20.4 Å². The van der Waals surface area contributed by atoms with Gasteiger partial charge in [-0.05, 0) is 44.2 Å². The maximum Gasteiger partial charge on any atom is 0.253 e. The van der Waals surface area contributed by atoms with E-state index in [0.717, 1.165) is 22.9 Å². The Labute approximate surface area is 158 Å². The summed E-state index contributed by atoms with van der Waals surface area (Å²) >= 11 is 0. The van der Waals surface area contributed by atoms with Crippen molar-refractivity contribution in [3.63, 3.8) is 0 Å². The molecule has 0 aliphatic carbocycles. The Hall–Kier alpha value is -3.15. The highest BCUT2D eigenvalue weighted by Crippen LogP contribution is 2.19. The zero-order chi connectivity index (χ0) is 19.2. The van der Waals surface area contributed by atoms with Crippen LogP contribution in [0.25, 0.3) is 0 Å². The van der Waals surface area contributed by atoms with Gasteiger partial charge in [-0.1, -0.05) is 6.07 Å². The molecule has 1 amide bonds. The first-order valence-corrected chi connectivity index (χ1v) is 8.82. The minimum Gasteiger partial charge on any atom is -0.497 e. The highest BCUT2D eigenvalue weighted by atomic mass is 16.5. The van der Waals surface area contributed by atoms with Gasteiger partial charge in [0, 0.05) is 17.5 Å². The summed E-state index contributed by atoms with van der Waals surface area (Å²) in [6, 6.07) is 13.1. The van der Waals surface area contributed by atoms with E-state index >= 15 is 0 Å². The van der Waals surface area contributed by atoms with Crippen LogP contribution in [0, 0.1) is 13.8 Å². The number of nitrogens with one attached hydrogen (secondary N) is 1. The first-order valence-electron chi connectivity index (χ1n) is 8.82. The van der Waals surface area contributed by atoms with E-state index in [4.69, 9.17) is 13.9 Å². The second-order valence-corrected chi connectivity index (χ2v) is 6.23. The van der Waals surface area contributed by atoms with Crippen LogP contribution in [0.4, 0.5) is 0 Å². The molecule has 0 unspecified atom stereocenters. The van der Waals surface area contributed by atoms with Crippen LogP contribution in [-0.2, 0) is 6.54 Å². The Morgan fingerprint density at radius 1 is 1.15 bits per heavy atom. The second-order valence-electron chi connectivity index (χ2n) is 6.23. The third kappa shape index (κ3) is 4.53. The molecule has 3 aromatic rings. The van der Waals surface area contributed by atoms with Crippen LogP contribution in [0.1, 0.15) is 27.5 Å². The number of amides is 1. The van der Waals surface area contributed by atoms with Crippen LogP contribution < -0.4 is 14.8 Å². The van der Waals surface area contributed by atoms with Gasteiger partial charge < -0.3 is 23.8 Å². The van der Waals surface area contributed by atoms with E-state index in [9.17, 15) is 4.79 Å². The third-order valence-electron chi connectivity index (χ3n) is 4.41. The third-order valence-corrected chi connectivity index (χ3v) is 4.41. The molecule has 27 heavy (non-hydrogen) atoms. The van der Waals surface area contributed by atoms with Gasteiger partial charge in [-0.2, -0.15) is 0 Å². The van der Waals surface area contributed by atoms with Crippen LogP contribution in [0.3, 0.4) is 0 Å². The molecule has 3 rings (SSSR count). The lowest BCUT2D eigenvalue weighted by molar-refractivity contribution is 0.0946. The summed E-state index contributed by atoms with van der Waals surface area (Å²) in [4.78, 5) is 12.5. The fourth-order valence-electron chi connectivity index (χ4n) is 2.95. The molecule has 0 spiro atoms. The van der Waals surface area contributed by atoms with Gasteiger partial charge >= 0.3 is 0 Å². The Kier molecular flexibility index (Phi) is 5.86. The molecule has 142 valence electrons. The smallest absolute Gasteiger partial charge is 0.253 e.